The van der Waals surface area contributed by atoms with E-state index in [4.69, 9.17) is 4.74 Å². The normalized spacial score (nSPS) is 14.0. The van der Waals surface area contributed by atoms with Crippen LogP contribution in [0.3, 0.4) is 0 Å². The van der Waals surface area contributed by atoms with Crippen molar-refractivity contribution in [3.8, 4) is 5.75 Å². The van der Waals surface area contributed by atoms with E-state index in [2.05, 4.69) is 10.6 Å². The van der Waals surface area contributed by atoms with Crippen molar-refractivity contribution >= 4 is 35.3 Å². The Bertz CT molecular complexity index is 1190. The van der Waals surface area contributed by atoms with Crippen molar-refractivity contribution in [2.24, 2.45) is 0 Å². The highest BCUT2D eigenvalue weighted by molar-refractivity contribution is 8.04. The number of aryl methyl sites for hydroxylation is 1. The van der Waals surface area contributed by atoms with Crippen molar-refractivity contribution in [2.75, 3.05) is 12.4 Å². The van der Waals surface area contributed by atoms with Gasteiger partial charge in [0.15, 0.2) is 0 Å². The van der Waals surface area contributed by atoms with Gasteiger partial charge in [-0.15, -0.1) is 0 Å². The Morgan fingerprint density at radius 2 is 1.94 bits per heavy atom. The van der Waals surface area contributed by atoms with E-state index in [9.17, 15) is 9.59 Å². The Balaban J connectivity index is 1.49. The van der Waals surface area contributed by atoms with Gasteiger partial charge < -0.3 is 15.4 Å². The van der Waals surface area contributed by atoms with Crippen molar-refractivity contribution in [2.45, 2.75) is 18.4 Å². The summed E-state index contributed by atoms with van der Waals surface area (Å²) in [7, 11) is 1.60. The molecule has 31 heavy (non-hydrogen) atoms. The van der Waals surface area contributed by atoms with Gasteiger partial charge in [-0.25, -0.2) is 0 Å². The third-order valence-corrected chi connectivity index (χ3v) is 6.00. The van der Waals surface area contributed by atoms with Gasteiger partial charge in [0, 0.05) is 22.6 Å². The molecule has 2 N–H and O–H groups in total. The molecule has 5 nitrogen and oxygen atoms in total. The topological polar surface area (TPSA) is 67.4 Å². The standard InChI is InChI=1S/C25H22N2O3S/c1-16-6-5-7-17(12-16)13-23-25(29)27-20-14-18(10-11-22(20)31-23)24(28)26-15-19-8-3-4-9-21(19)30-2/h3-14H,15H2,1-2H3,(H,26,28)(H,27,29). The second-order valence-corrected chi connectivity index (χ2v) is 8.27. The first-order valence-corrected chi connectivity index (χ1v) is 10.7. The van der Waals surface area contributed by atoms with E-state index in [0.717, 1.165) is 27.3 Å². The molecule has 1 heterocycles. The van der Waals surface area contributed by atoms with Crippen LogP contribution in [0.1, 0.15) is 27.0 Å². The summed E-state index contributed by atoms with van der Waals surface area (Å²) < 4.78 is 5.32. The Kier molecular flexibility index (Phi) is 6.09. The number of rotatable bonds is 5. The minimum absolute atomic E-state index is 0.175. The zero-order valence-electron chi connectivity index (χ0n) is 17.3. The number of anilines is 1. The van der Waals surface area contributed by atoms with Crippen molar-refractivity contribution in [1.82, 2.24) is 5.32 Å². The molecule has 0 atom stereocenters. The fourth-order valence-electron chi connectivity index (χ4n) is 3.34. The number of nitrogens with one attached hydrogen (secondary N) is 2. The maximum atomic E-state index is 12.6. The zero-order valence-corrected chi connectivity index (χ0v) is 18.1. The van der Waals surface area contributed by atoms with Gasteiger partial charge in [0.1, 0.15) is 5.75 Å². The summed E-state index contributed by atoms with van der Waals surface area (Å²) in [4.78, 5) is 26.8. The highest BCUT2D eigenvalue weighted by Gasteiger charge is 2.22. The number of para-hydroxylation sites is 1. The predicted octanol–water partition coefficient (Wildman–Crippen LogP) is 5.02. The van der Waals surface area contributed by atoms with Gasteiger partial charge in [-0.1, -0.05) is 59.8 Å². The van der Waals surface area contributed by atoms with Gasteiger partial charge in [-0.3, -0.25) is 9.59 Å². The van der Waals surface area contributed by atoms with E-state index in [1.807, 2.05) is 67.6 Å². The molecule has 6 heteroatoms. The first-order chi connectivity index (χ1) is 15.0. The van der Waals surface area contributed by atoms with E-state index in [0.29, 0.717) is 22.7 Å². The number of hydrogen-bond acceptors (Lipinski definition) is 4. The Morgan fingerprint density at radius 3 is 2.74 bits per heavy atom. The molecule has 0 saturated heterocycles. The van der Waals surface area contributed by atoms with Crippen LogP contribution >= 0.6 is 11.8 Å². The van der Waals surface area contributed by atoms with Crippen LogP contribution < -0.4 is 15.4 Å². The van der Waals surface area contributed by atoms with Crippen LogP contribution in [0.25, 0.3) is 6.08 Å². The predicted molar refractivity (Wildman–Crippen MR) is 124 cm³/mol. The molecule has 0 saturated carbocycles. The molecule has 0 radical (unpaired) electrons. The molecule has 0 unspecified atom stereocenters. The number of hydrogen-bond donors (Lipinski definition) is 2. The molecule has 0 fully saturated rings. The molecular formula is C25H22N2O3S. The summed E-state index contributed by atoms with van der Waals surface area (Å²) in [6.45, 7) is 2.37. The third kappa shape index (κ3) is 4.81. The Morgan fingerprint density at radius 1 is 1.10 bits per heavy atom. The minimum Gasteiger partial charge on any atom is -0.496 e. The van der Waals surface area contributed by atoms with Gasteiger partial charge in [0.25, 0.3) is 11.8 Å². The lowest BCUT2D eigenvalue weighted by molar-refractivity contribution is -0.112. The molecule has 156 valence electrons. The van der Waals surface area contributed by atoms with Crippen LogP contribution in [-0.2, 0) is 11.3 Å². The first kappa shape index (κ1) is 20.8. The van der Waals surface area contributed by atoms with Crippen molar-refractivity contribution in [1.29, 1.82) is 0 Å². The fourth-order valence-corrected chi connectivity index (χ4v) is 4.27. The van der Waals surface area contributed by atoms with Crippen molar-refractivity contribution < 1.29 is 14.3 Å². The molecule has 1 aliphatic heterocycles. The average Bonchev–Trinajstić information content (AvgIpc) is 2.78. The number of ether oxygens (including phenoxy) is 1. The summed E-state index contributed by atoms with van der Waals surface area (Å²) in [5.41, 5.74) is 4.14. The minimum atomic E-state index is -0.214. The van der Waals surface area contributed by atoms with E-state index < -0.39 is 0 Å². The van der Waals surface area contributed by atoms with Gasteiger partial charge in [-0.2, -0.15) is 0 Å². The molecule has 2 amide bonds. The summed E-state index contributed by atoms with van der Waals surface area (Å²) in [6, 6.07) is 20.9. The lowest BCUT2D eigenvalue weighted by Gasteiger charge is -2.19. The average molecular weight is 431 g/mol. The van der Waals surface area contributed by atoms with Gasteiger partial charge in [0.2, 0.25) is 0 Å². The van der Waals surface area contributed by atoms with Crippen LogP contribution in [0.4, 0.5) is 5.69 Å². The van der Waals surface area contributed by atoms with Gasteiger partial charge in [-0.05, 0) is 42.8 Å². The van der Waals surface area contributed by atoms with Gasteiger partial charge >= 0.3 is 0 Å². The number of thioether (sulfide) groups is 1. The smallest absolute Gasteiger partial charge is 0.262 e. The van der Waals surface area contributed by atoms with E-state index in [1.54, 1.807) is 19.2 Å². The highest BCUT2D eigenvalue weighted by atomic mass is 32.2. The highest BCUT2D eigenvalue weighted by Crippen LogP contribution is 2.39. The summed E-state index contributed by atoms with van der Waals surface area (Å²) in [5, 5.41) is 5.81. The number of carbonyl (C=O) groups is 2. The number of methoxy groups -OCH3 is 1. The van der Waals surface area contributed by atoms with Crippen molar-refractivity contribution in [3.63, 3.8) is 0 Å². The molecule has 3 aromatic carbocycles. The number of fused-ring (bicyclic) bond motifs is 1. The van der Waals surface area contributed by atoms with E-state index in [-0.39, 0.29) is 11.8 Å². The van der Waals surface area contributed by atoms with Crippen molar-refractivity contribution in [3.05, 3.63) is 93.9 Å². The maximum Gasteiger partial charge on any atom is 0.262 e. The maximum absolute atomic E-state index is 12.6. The quantitative estimate of drug-likeness (QED) is 0.558. The largest absolute Gasteiger partial charge is 0.496 e. The number of amides is 2. The molecule has 0 spiro atoms. The van der Waals surface area contributed by atoms with Crippen LogP contribution in [0.2, 0.25) is 0 Å². The molecule has 0 aromatic heterocycles. The second-order valence-electron chi connectivity index (χ2n) is 7.18. The Hall–Kier alpha value is -3.51. The van der Waals surface area contributed by atoms with Crippen LogP contribution in [0.5, 0.6) is 5.75 Å². The van der Waals surface area contributed by atoms with E-state index >= 15 is 0 Å². The summed E-state index contributed by atoms with van der Waals surface area (Å²) >= 11 is 1.40. The lowest BCUT2D eigenvalue weighted by atomic mass is 10.1. The van der Waals surface area contributed by atoms with Crippen LogP contribution in [0, 0.1) is 6.92 Å². The molecule has 4 rings (SSSR count). The fraction of sp³-hybridized carbons (Fsp3) is 0.120. The molecular weight excluding hydrogens is 408 g/mol. The zero-order chi connectivity index (χ0) is 21.8. The number of carbonyl (C=O) groups excluding carboxylic acids is 2. The number of benzene rings is 3. The van der Waals surface area contributed by atoms with Crippen LogP contribution in [0.15, 0.2) is 76.5 Å². The summed E-state index contributed by atoms with van der Waals surface area (Å²) in [5.74, 6) is 0.337. The third-order valence-electron chi connectivity index (χ3n) is 4.91. The van der Waals surface area contributed by atoms with Gasteiger partial charge in [0.05, 0.1) is 17.7 Å². The molecule has 1 aliphatic rings. The monoisotopic (exact) mass is 430 g/mol. The van der Waals surface area contributed by atoms with E-state index in [1.165, 1.54) is 11.8 Å². The summed E-state index contributed by atoms with van der Waals surface area (Å²) in [6.07, 6.45) is 1.88. The molecule has 0 bridgehead atoms. The first-order valence-electron chi connectivity index (χ1n) is 9.85. The van der Waals surface area contributed by atoms with Crippen LogP contribution in [-0.4, -0.2) is 18.9 Å². The molecule has 3 aromatic rings. The SMILES string of the molecule is COc1ccccc1CNC(=O)c1ccc2c(c1)NC(=O)C(=Cc1cccc(C)c1)S2. The Labute approximate surface area is 185 Å². The second kappa shape index (κ2) is 9.10. The lowest BCUT2D eigenvalue weighted by Crippen LogP contribution is -2.24. The molecule has 0 aliphatic carbocycles.